The van der Waals surface area contributed by atoms with Crippen molar-refractivity contribution in [2.24, 2.45) is 7.05 Å². The fourth-order valence-corrected chi connectivity index (χ4v) is 1.59. The summed E-state index contributed by atoms with van der Waals surface area (Å²) in [6.07, 6.45) is 1.46. The number of aryl methyl sites for hydroxylation is 1. The van der Waals surface area contributed by atoms with Crippen molar-refractivity contribution in [3.63, 3.8) is 0 Å². The minimum absolute atomic E-state index is 0.0445. The number of nitro benzene ring substituents is 1. The Bertz CT molecular complexity index is 650. The number of rotatable bonds is 3. The number of anilines is 1. The van der Waals surface area contributed by atoms with E-state index in [-0.39, 0.29) is 11.4 Å². The number of hydrogen-bond donors (Lipinski definition) is 1. The maximum Gasteiger partial charge on any atom is 0.277 e. The first kappa shape index (κ1) is 12.7. The molecule has 2 aromatic rings. The van der Waals surface area contributed by atoms with Gasteiger partial charge < -0.3 is 5.32 Å². The molecule has 0 saturated carbocycles. The maximum absolute atomic E-state index is 11.9. The topological polar surface area (TPSA) is 103 Å². The molecule has 1 heterocycles. The standard InChI is InChI=1S/C11H11N5O3/c1-7-8(4-3-5-10(7)16(18)19)12-11(17)9-6-15(2)14-13-9/h3-6H,1-2H3,(H,12,17). The lowest BCUT2D eigenvalue weighted by atomic mass is 10.1. The van der Waals surface area contributed by atoms with Crippen LogP contribution in [-0.4, -0.2) is 25.8 Å². The van der Waals surface area contributed by atoms with E-state index >= 15 is 0 Å². The smallest absolute Gasteiger partial charge is 0.277 e. The predicted octanol–water partition coefficient (Wildman–Crippen LogP) is 1.28. The van der Waals surface area contributed by atoms with E-state index in [1.165, 1.54) is 23.0 Å². The van der Waals surface area contributed by atoms with Gasteiger partial charge in [0.15, 0.2) is 5.69 Å². The summed E-state index contributed by atoms with van der Waals surface area (Å²) < 4.78 is 1.40. The largest absolute Gasteiger partial charge is 0.320 e. The van der Waals surface area contributed by atoms with Gasteiger partial charge in [-0.25, -0.2) is 0 Å². The molecule has 8 nitrogen and oxygen atoms in total. The van der Waals surface area contributed by atoms with Crippen LogP contribution in [0.1, 0.15) is 16.1 Å². The highest BCUT2D eigenvalue weighted by Crippen LogP contribution is 2.25. The zero-order valence-electron chi connectivity index (χ0n) is 10.3. The van der Waals surface area contributed by atoms with Crippen LogP contribution in [0.2, 0.25) is 0 Å². The summed E-state index contributed by atoms with van der Waals surface area (Å²) in [4.78, 5) is 22.2. The van der Waals surface area contributed by atoms with Gasteiger partial charge in [-0.3, -0.25) is 19.6 Å². The zero-order chi connectivity index (χ0) is 14.0. The van der Waals surface area contributed by atoms with Crippen LogP contribution < -0.4 is 5.32 Å². The number of hydrogen-bond acceptors (Lipinski definition) is 5. The maximum atomic E-state index is 11.9. The van der Waals surface area contributed by atoms with Gasteiger partial charge in [-0.05, 0) is 13.0 Å². The van der Waals surface area contributed by atoms with Gasteiger partial charge in [-0.2, -0.15) is 0 Å². The quantitative estimate of drug-likeness (QED) is 0.662. The van der Waals surface area contributed by atoms with Crippen molar-refractivity contribution in [2.75, 3.05) is 5.32 Å². The molecular weight excluding hydrogens is 250 g/mol. The van der Waals surface area contributed by atoms with Gasteiger partial charge in [-0.1, -0.05) is 11.3 Å². The minimum atomic E-state index is -0.493. The molecule has 0 radical (unpaired) electrons. The Hall–Kier alpha value is -2.77. The van der Waals surface area contributed by atoms with Crippen LogP contribution in [0, 0.1) is 17.0 Å². The number of carbonyl (C=O) groups excluding carboxylic acids is 1. The van der Waals surface area contributed by atoms with E-state index in [4.69, 9.17) is 0 Å². The Balaban J connectivity index is 2.27. The molecule has 0 aliphatic rings. The molecule has 1 aromatic heterocycles. The van der Waals surface area contributed by atoms with Gasteiger partial charge in [0, 0.05) is 13.1 Å². The molecule has 0 bridgehead atoms. The summed E-state index contributed by atoms with van der Waals surface area (Å²) in [7, 11) is 1.64. The van der Waals surface area contributed by atoms with E-state index < -0.39 is 10.8 Å². The molecule has 1 amide bonds. The van der Waals surface area contributed by atoms with Gasteiger partial charge in [0.1, 0.15) is 0 Å². The van der Waals surface area contributed by atoms with Crippen LogP contribution in [0.5, 0.6) is 0 Å². The van der Waals surface area contributed by atoms with Crippen molar-refractivity contribution in [1.29, 1.82) is 0 Å². The first-order chi connectivity index (χ1) is 8.99. The molecule has 8 heteroatoms. The first-order valence-corrected chi connectivity index (χ1v) is 5.40. The Morgan fingerprint density at radius 2 is 2.21 bits per heavy atom. The fourth-order valence-electron chi connectivity index (χ4n) is 1.59. The number of amides is 1. The number of aromatic nitrogens is 3. The van der Waals surface area contributed by atoms with Crippen LogP contribution in [0.15, 0.2) is 24.4 Å². The second-order valence-electron chi connectivity index (χ2n) is 3.94. The third-order valence-electron chi connectivity index (χ3n) is 2.59. The third-order valence-corrected chi connectivity index (χ3v) is 2.59. The molecule has 0 aliphatic carbocycles. The van der Waals surface area contributed by atoms with Crippen LogP contribution in [-0.2, 0) is 7.05 Å². The number of nitrogens with one attached hydrogen (secondary N) is 1. The summed E-state index contributed by atoms with van der Waals surface area (Å²) in [5, 5.41) is 20.7. The Kier molecular flexibility index (Phi) is 3.23. The number of nitrogens with zero attached hydrogens (tertiary/aromatic N) is 4. The van der Waals surface area contributed by atoms with Crippen molar-refractivity contribution >= 4 is 17.3 Å². The second-order valence-corrected chi connectivity index (χ2v) is 3.94. The Labute approximate surface area is 108 Å². The monoisotopic (exact) mass is 261 g/mol. The molecule has 0 aliphatic heterocycles. The molecule has 19 heavy (non-hydrogen) atoms. The van der Waals surface area contributed by atoms with Crippen LogP contribution in [0.3, 0.4) is 0 Å². The summed E-state index contributed by atoms with van der Waals surface area (Å²) in [6.45, 7) is 1.57. The molecule has 2 rings (SSSR count). The van der Waals surface area contributed by atoms with Crippen LogP contribution >= 0.6 is 0 Å². The van der Waals surface area contributed by atoms with Gasteiger partial charge >= 0.3 is 0 Å². The summed E-state index contributed by atoms with van der Waals surface area (Å²) in [5.41, 5.74) is 0.875. The zero-order valence-corrected chi connectivity index (χ0v) is 10.3. The lowest BCUT2D eigenvalue weighted by Crippen LogP contribution is -2.13. The van der Waals surface area contributed by atoms with Gasteiger partial charge in [-0.15, -0.1) is 5.10 Å². The SMILES string of the molecule is Cc1c(NC(=O)c2cn(C)nn2)cccc1[N+](=O)[O-]. The summed E-state index contributed by atoms with van der Waals surface area (Å²) in [6, 6.07) is 4.49. The predicted molar refractivity (Wildman–Crippen MR) is 66.8 cm³/mol. The number of benzene rings is 1. The van der Waals surface area contributed by atoms with Crippen molar-refractivity contribution in [3.05, 3.63) is 45.8 Å². The van der Waals surface area contributed by atoms with E-state index in [2.05, 4.69) is 15.6 Å². The van der Waals surface area contributed by atoms with Crippen molar-refractivity contribution in [1.82, 2.24) is 15.0 Å². The van der Waals surface area contributed by atoms with E-state index in [0.717, 1.165) is 0 Å². The normalized spacial score (nSPS) is 10.2. The van der Waals surface area contributed by atoms with Crippen LogP contribution in [0.25, 0.3) is 0 Å². The molecule has 0 fully saturated rings. The summed E-state index contributed by atoms with van der Waals surface area (Å²) >= 11 is 0. The Morgan fingerprint density at radius 1 is 1.47 bits per heavy atom. The average Bonchev–Trinajstić information content (AvgIpc) is 2.78. The van der Waals surface area contributed by atoms with Crippen LogP contribution in [0.4, 0.5) is 11.4 Å². The van der Waals surface area contributed by atoms with Crippen molar-refractivity contribution < 1.29 is 9.72 Å². The molecule has 0 unspecified atom stereocenters. The third kappa shape index (κ3) is 2.57. The molecule has 0 spiro atoms. The van der Waals surface area contributed by atoms with Gasteiger partial charge in [0.05, 0.1) is 22.4 Å². The lowest BCUT2D eigenvalue weighted by molar-refractivity contribution is -0.385. The van der Waals surface area contributed by atoms with E-state index in [1.807, 2.05) is 0 Å². The van der Waals surface area contributed by atoms with Crippen molar-refractivity contribution in [2.45, 2.75) is 6.92 Å². The highest BCUT2D eigenvalue weighted by molar-refractivity contribution is 6.03. The molecule has 98 valence electrons. The molecule has 0 saturated heterocycles. The average molecular weight is 261 g/mol. The van der Waals surface area contributed by atoms with E-state index in [9.17, 15) is 14.9 Å². The fraction of sp³-hybridized carbons (Fsp3) is 0.182. The molecule has 0 atom stereocenters. The number of nitro groups is 1. The highest BCUT2D eigenvalue weighted by atomic mass is 16.6. The van der Waals surface area contributed by atoms with Gasteiger partial charge in [0.25, 0.3) is 11.6 Å². The number of carbonyl (C=O) groups is 1. The minimum Gasteiger partial charge on any atom is -0.320 e. The Morgan fingerprint density at radius 3 is 2.79 bits per heavy atom. The molecule has 1 N–H and O–H groups in total. The molecular formula is C11H11N5O3. The van der Waals surface area contributed by atoms with E-state index in [0.29, 0.717) is 11.3 Å². The first-order valence-electron chi connectivity index (χ1n) is 5.40. The summed E-state index contributed by atoms with van der Waals surface area (Å²) in [5.74, 6) is -0.461. The van der Waals surface area contributed by atoms with Crippen molar-refractivity contribution in [3.8, 4) is 0 Å². The second kappa shape index (κ2) is 4.84. The lowest BCUT2D eigenvalue weighted by Gasteiger charge is -2.06. The van der Waals surface area contributed by atoms with E-state index in [1.54, 1.807) is 20.0 Å². The molecule has 1 aromatic carbocycles. The highest BCUT2D eigenvalue weighted by Gasteiger charge is 2.16. The van der Waals surface area contributed by atoms with Gasteiger partial charge in [0.2, 0.25) is 0 Å².